The van der Waals surface area contributed by atoms with Crippen LogP contribution in [0.3, 0.4) is 0 Å². The molecule has 0 bridgehead atoms. The number of rotatable bonds is 9. The molecule has 0 aromatic heterocycles. The van der Waals surface area contributed by atoms with Crippen LogP contribution in [0, 0.1) is 5.92 Å². The Balaban J connectivity index is 2.10. The minimum Gasteiger partial charge on any atom is -0.493 e. The quantitative estimate of drug-likeness (QED) is 0.734. The number of aryl methyl sites for hydroxylation is 1. The first-order valence-electron chi connectivity index (χ1n) is 7.84. The summed E-state index contributed by atoms with van der Waals surface area (Å²) in [4.78, 5) is 0. The van der Waals surface area contributed by atoms with E-state index < -0.39 is 0 Å². The maximum atomic E-state index is 9.83. The van der Waals surface area contributed by atoms with E-state index >= 15 is 0 Å². The number of nitrogens with one attached hydrogen (secondary N) is 1. The third-order valence-electron chi connectivity index (χ3n) is 4.29. The second-order valence-corrected chi connectivity index (χ2v) is 5.75. The third kappa shape index (κ3) is 3.69. The average molecular weight is 293 g/mol. The fraction of sp³-hybridized carbons (Fsp3) is 0.647. The van der Waals surface area contributed by atoms with Crippen molar-refractivity contribution >= 4 is 0 Å². The Morgan fingerprint density at radius 1 is 1.29 bits per heavy atom. The predicted octanol–water partition coefficient (Wildman–Crippen LogP) is 2.39. The number of hydrogen-bond acceptors (Lipinski definition) is 4. The Hall–Kier alpha value is -1.26. The van der Waals surface area contributed by atoms with E-state index in [1.165, 1.54) is 5.56 Å². The summed E-state index contributed by atoms with van der Waals surface area (Å²) < 4.78 is 11.4. The van der Waals surface area contributed by atoms with Gasteiger partial charge in [0, 0.05) is 0 Å². The van der Waals surface area contributed by atoms with E-state index in [4.69, 9.17) is 9.47 Å². The van der Waals surface area contributed by atoms with Gasteiger partial charge in [-0.2, -0.15) is 0 Å². The van der Waals surface area contributed by atoms with Crippen molar-refractivity contribution in [1.29, 1.82) is 0 Å². The summed E-state index contributed by atoms with van der Waals surface area (Å²) in [6, 6.07) is 6.03. The molecule has 118 valence electrons. The molecule has 1 aromatic carbocycles. The van der Waals surface area contributed by atoms with Gasteiger partial charge in [-0.25, -0.2) is 0 Å². The number of benzene rings is 1. The van der Waals surface area contributed by atoms with Gasteiger partial charge < -0.3 is 19.9 Å². The Bertz CT molecular complexity index is 459. The number of methoxy groups -OCH3 is 1. The summed E-state index contributed by atoms with van der Waals surface area (Å²) in [7, 11) is 1.66. The van der Waals surface area contributed by atoms with Gasteiger partial charge in [0.05, 0.1) is 19.3 Å². The lowest BCUT2D eigenvalue weighted by Gasteiger charge is -2.33. The molecular formula is C17H27NO3. The van der Waals surface area contributed by atoms with E-state index in [-0.39, 0.29) is 12.1 Å². The van der Waals surface area contributed by atoms with E-state index in [0.717, 1.165) is 37.3 Å². The summed E-state index contributed by atoms with van der Waals surface area (Å²) in [5, 5.41) is 13.3. The molecule has 0 aliphatic heterocycles. The number of aliphatic hydroxyl groups excluding tert-OH is 1. The Morgan fingerprint density at radius 2 is 2.05 bits per heavy atom. The van der Waals surface area contributed by atoms with Crippen LogP contribution >= 0.6 is 0 Å². The summed E-state index contributed by atoms with van der Waals surface area (Å²) in [5.41, 5.74) is 0.893. The van der Waals surface area contributed by atoms with Crippen LogP contribution in [0.2, 0.25) is 0 Å². The molecule has 0 heterocycles. The van der Waals surface area contributed by atoms with E-state index in [1.54, 1.807) is 7.11 Å². The standard InChI is InChI=1S/C17H27NO3/c1-4-13-6-9-15(16(10-13)20-3)21-12-17(11-19,18-5-2)14-7-8-14/h6,9-10,14,18-19H,4-5,7-8,11-12H2,1-3H3. The van der Waals surface area contributed by atoms with Gasteiger partial charge in [0.2, 0.25) is 0 Å². The zero-order valence-electron chi connectivity index (χ0n) is 13.3. The number of likely N-dealkylation sites (N-methyl/N-ethyl adjacent to an activating group) is 1. The van der Waals surface area contributed by atoms with Crippen LogP contribution < -0.4 is 14.8 Å². The van der Waals surface area contributed by atoms with E-state index in [9.17, 15) is 5.11 Å². The van der Waals surface area contributed by atoms with Gasteiger partial charge in [-0.05, 0) is 49.4 Å². The number of aliphatic hydroxyl groups is 1. The van der Waals surface area contributed by atoms with Gasteiger partial charge in [0.15, 0.2) is 11.5 Å². The smallest absolute Gasteiger partial charge is 0.161 e. The molecule has 1 fully saturated rings. The minimum absolute atomic E-state index is 0.0981. The van der Waals surface area contributed by atoms with Crippen LogP contribution in [0.15, 0.2) is 18.2 Å². The van der Waals surface area contributed by atoms with Crippen molar-refractivity contribution in [2.45, 2.75) is 38.6 Å². The highest BCUT2D eigenvalue weighted by Gasteiger charge is 2.45. The Kier molecular flexibility index (Phi) is 5.48. The van der Waals surface area contributed by atoms with Gasteiger partial charge in [-0.1, -0.05) is 19.9 Å². The highest BCUT2D eigenvalue weighted by molar-refractivity contribution is 5.43. The molecule has 21 heavy (non-hydrogen) atoms. The number of ether oxygens (including phenoxy) is 2. The topological polar surface area (TPSA) is 50.7 Å². The van der Waals surface area contributed by atoms with Crippen molar-refractivity contribution in [3.63, 3.8) is 0 Å². The molecule has 1 atom stereocenters. The molecule has 4 heteroatoms. The first-order valence-corrected chi connectivity index (χ1v) is 7.84. The summed E-state index contributed by atoms with van der Waals surface area (Å²) in [6.07, 6.45) is 3.28. The maximum Gasteiger partial charge on any atom is 0.161 e. The van der Waals surface area contributed by atoms with Crippen molar-refractivity contribution < 1.29 is 14.6 Å². The first kappa shape index (κ1) is 16.1. The molecular weight excluding hydrogens is 266 g/mol. The minimum atomic E-state index is -0.330. The van der Waals surface area contributed by atoms with Gasteiger partial charge in [0.25, 0.3) is 0 Å². The SMILES string of the molecule is CCNC(CO)(COc1ccc(CC)cc1OC)C1CC1. The summed E-state index contributed by atoms with van der Waals surface area (Å²) in [5.74, 6) is 2.00. The zero-order chi connectivity index (χ0) is 15.3. The predicted molar refractivity (Wildman–Crippen MR) is 84.1 cm³/mol. The molecule has 0 amide bonds. The maximum absolute atomic E-state index is 9.83. The van der Waals surface area contributed by atoms with Crippen LogP contribution in [-0.4, -0.2) is 37.5 Å². The molecule has 0 radical (unpaired) electrons. The van der Waals surface area contributed by atoms with E-state index in [0.29, 0.717) is 12.5 Å². The van der Waals surface area contributed by atoms with Crippen LogP contribution in [0.5, 0.6) is 11.5 Å². The first-order chi connectivity index (χ1) is 10.2. The van der Waals surface area contributed by atoms with Crippen molar-refractivity contribution in [3.8, 4) is 11.5 Å². The number of hydrogen-bond donors (Lipinski definition) is 2. The largest absolute Gasteiger partial charge is 0.493 e. The Labute approximate surface area is 127 Å². The molecule has 1 aromatic rings. The van der Waals surface area contributed by atoms with Gasteiger partial charge in [-0.15, -0.1) is 0 Å². The van der Waals surface area contributed by atoms with Crippen LogP contribution in [0.4, 0.5) is 0 Å². The van der Waals surface area contributed by atoms with Crippen LogP contribution in [0.1, 0.15) is 32.3 Å². The lowest BCUT2D eigenvalue weighted by molar-refractivity contribution is 0.0850. The van der Waals surface area contributed by atoms with Gasteiger partial charge in [0.1, 0.15) is 6.61 Å². The van der Waals surface area contributed by atoms with Crippen LogP contribution in [-0.2, 0) is 6.42 Å². The third-order valence-corrected chi connectivity index (χ3v) is 4.29. The highest BCUT2D eigenvalue weighted by atomic mass is 16.5. The van der Waals surface area contributed by atoms with E-state index in [2.05, 4.69) is 25.2 Å². The second-order valence-electron chi connectivity index (χ2n) is 5.75. The average Bonchev–Trinajstić information content (AvgIpc) is 3.36. The van der Waals surface area contributed by atoms with Gasteiger partial charge in [-0.3, -0.25) is 0 Å². The normalized spacial score (nSPS) is 17.3. The van der Waals surface area contributed by atoms with Crippen LogP contribution in [0.25, 0.3) is 0 Å². The fourth-order valence-corrected chi connectivity index (χ4v) is 2.79. The van der Waals surface area contributed by atoms with Gasteiger partial charge >= 0.3 is 0 Å². The van der Waals surface area contributed by atoms with Crippen molar-refractivity contribution in [1.82, 2.24) is 5.32 Å². The molecule has 0 saturated heterocycles. The van der Waals surface area contributed by atoms with Crippen molar-refractivity contribution in [2.24, 2.45) is 5.92 Å². The molecule has 2 rings (SSSR count). The van der Waals surface area contributed by atoms with Crippen molar-refractivity contribution in [2.75, 3.05) is 26.9 Å². The molecule has 1 aliphatic carbocycles. The molecule has 0 spiro atoms. The molecule has 1 unspecified atom stereocenters. The van der Waals surface area contributed by atoms with Crippen molar-refractivity contribution in [3.05, 3.63) is 23.8 Å². The molecule has 1 saturated carbocycles. The second kappa shape index (κ2) is 7.14. The monoisotopic (exact) mass is 293 g/mol. The summed E-state index contributed by atoms with van der Waals surface area (Å²) in [6.45, 7) is 5.56. The lowest BCUT2D eigenvalue weighted by Crippen LogP contribution is -2.55. The molecule has 2 N–H and O–H groups in total. The highest BCUT2D eigenvalue weighted by Crippen LogP contribution is 2.40. The molecule has 1 aliphatic rings. The fourth-order valence-electron chi connectivity index (χ4n) is 2.79. The Morgan fingerprint density at radius 3 is 2.57 bits per heavy atom. The summed E-state index contributed by atoms with van der Waals surface area (Å²) >= 11 is 0. The lowest BCUT2D eigenvalue weighted by atomic mass is 9.95. The van der Waals surface area contributed by atoms with E-state index in [1.807, 2.05) is 12.1 Å². The molecule has 4 nitrogen and oxygen atoms in total. The zero-order valence-corrected chi connectivity index (χ0v) is 13.3.